The zero-order chi connectivity index (χ0) is 18.9. The highest BCUT2D eigenvalue weighted by Crippen LogP contribution is 2.49. The van der Waals surface area contributed by atoms with Crippen LogP contribution in [0.25, 0.3) is 0 Å². The third kappa shape index (κ3) is 3.76. The second kappa shape index (κ2) is 7.43. The van der Waals surface area contributed by atoms with Crippen molar-refractivity contribution < 1.29 is 9.59 Å². The molecule has 2 amide bonds. The van der Waals surface area contributed by atoms with Gasteiger partial charge in [0.25, 0.3) is 5.91 Å². The van der Waals surface area contributed by atoms with Gasteiger partial charge in [-0.05, 0) is 55.5 Å². The van der Waals surface area contributed by atoms with Gasteiger partial charge in [-0.3, -0.25) is 14.6 Å². The molecule has 1 aromatic heterocycles. The number of likely N-dealkylation sites (tertiary alicyclic amines) is 1. The summed E-state index contributed by atoms with van der Waals surface area (Å²) in [5, 5.41) is 3.24. The van der Waals surface area contributed by atoms with Crippen molar-refractivity contribution in [3.63, 3.8) is 0 Å². The van der Waals surface area contributed by atoms with E-state index in [9.17, 15) is 9.59 Å². The molecule has 1 aromatic carbocycles. The number of benzene rings is 1. The minimum absolute atomic E-state index is 0.0370. The molecule has 1 aliphatic heterocycles. The van der Waals surface area contributed by atoms with Crippen molar-refractivity contribution in [1.29, 1.82) is 0 Å². The van der Waals surface area contributed by atoms with E-state index >= 15 is 0 Å². The van der Waals surface area contributed by atoms with Crippen molar-refractivity contribution in [3.8, 4) is 0 Å². The van der Waals surface area contributed by atoms with Crippen LogP contribution in [0.2, 0.25) is 0 Å². The Morgan fingerprint density at radius 2 is 1.81 bits per heavy atom. The fourth-order valence-electron chi connectivity index (χ4n) is 3.79. The maximum Gasteiger partial charge on any atom is 0.253 e. The van der Waals surface area contributed by atoms with E-state index in [4.69, 9.17) is 0 Å². The minimum Gasteiger partial charge on any atom is -0.352 e. The van der Waals surface area contributed by atoms with Gasteiger partial charge in [-0.15, -0.1) is 0 Å². The predicted molar refractivity (Wildman–Crippen MR) is 106 cm³/mol. The monoisotopic (exact) mass is 427 g/mol. The number of aromatic nitrogens is 1. The molecule has 2 aliphatic rings. The first kappa shape index (κ1) is 18.2. The van der Waals surface area contributed by atoms with Crippen LogP contribution < -0.4 is 5.32 Å². The van der Waals surface area contributed by atoms with E-state index in [-0.39, 0.29) is 23.3 Å². The van der Waals surface area contributed by atoms with E-state index in [0.717, 1.165) is 35.7 Å². The van der Waals surface area contributed by atoms with Crippen molar-refractivity contribution in [2.24, 2.45) is 0 Å². The number of hydrogen-bond donors (Lipinski definition) is 1. The van der Waals surface area contributed by atoms with Crippen LogP contribution in [0.4, 0.5) is 0 Å². The molecule has 1 N–H and O–H groups in total. The molecular weight excluding hydrogens is 406 g/mol. The first-order chi connectivity index (χ1) is 13.1. The molecule has 0 radical (unpaired) electrons. The molecule has 4 rings (SSSR count). The average molecular weight is 428 g/mol. The molecular formula is C21H22BrN3O2. The van der Waals surface area contributed by atoms with Crippen molar-refractivity contribution in [2.75, 3.05) is 13.1 Å². The lowest BCUT2D eigenvalue weighted by atomic mass is 9.94. The number of halogens is 1. The highest BCUT2D eigenvalue weighted by molar-refractivity contribution is 9.10. The molecule has 27 heavy (non-hydrogen) atoms. The number of hydrogen-bond acceptors (Lipinski definition) is 3. The molecule has 0 atom stereocenters. The summed E-state index contributed by atoms with van der Waals surface area (Å²) < 4.78 is 1.00. The average Bonchev–Trinajstić information content (AvgIpc) is 3.51. The minimum atomic E-state index is -0.367. The van der Waals surface area contributed by atoms with Crippen LogP contribution in [0.1, 0.15) is 41.6 Å². The van der Waals surface area contributed by atoms with E-state index in [0.29, 0.717) is 18.7 Å². The SMILES string of the molecule is O=C(c1ccncc1)N1CCC(NC(=O)C2(c3cccc(Br)c3)CC2)CC1. The van der Waals surface area contributed by atoms with Gasteiger partial charge in [-0.1, -0.05) is 28.1 Å². The van der Waals surface area contributed by atoms with E-state index in [1.54, 1.807) is 24.5 Å². The summed E-state index contributed by atoms with van der Waals surface area (Å²) >= 11 is 3.50. The Bertz CT molecular complexity index is 844. The first-order valence-corrected chi connectivity index (χ1v) is 10.1. The molecule has 140 valence electrons. The zero-order valence-electron chi connectivity index (χ0n) is 15.0. The van der Waals surface area contributed by atoms with Crippen LogP contribution in [0.3, 0.4) is 0 Å². The number of nitrogens with zero attached hydrogens (tertiary/aromatic N) is 2. The van der Waals surface area contributed by atoms with Crippen LogP contribution >= 0.6 is 15.9 Å². The van der Waals surface area contributed by atoms with Crippen LogP contribution in [0.5, 0.6) is 0 Å². The van der Waals surface area contributed by atoms with Crippen molar-refractivity contribution in [3.05, 3.63) is 64.4 Å². The van der Waals surface area contributed by atoms with E-state index in [1.807, 2.05) is 29.2 Å². The number of pyridine rings is 1. The van der Waals surface area contributed by atoms with Gasteiger partial charge in [0.15, 0.2) is 0 Å². The van der Waals surface area contributed by atoms with Gasteiger partial charge in [-0.2, -0.15) is 0 Å². The molecule has 6 heteroatoms. The Kier molecular flexibility index (Phi) is 5.00. The number of nitrogens with one attached hydrogen (secondary N) is 1. The molecule has 0 spiro atoms. The standard InChI is InChI=1S/C21H22BrN3O2/c22-17-3-1-2-16(14-17)21(8-9-21)20(27)24-18-6-12-25(13-7-18)19(26)15-4-10-23-11-5-15/h1-5,10-11,14,18H,6-9,12-13H2,(H,24,27). The maximum absolute atomic E-state index is 12.9. The number of amides is 2. The predicted octanol–water partition coefficient (Wildman–Crippen LogP) is 3.30. The first-order valence-electron chi connectivity index (χ1n) is 9.35. The molecule has 0 unspecified atom stereocenters. The molecule has 1 saturated carbocycles. The molecule has 5 nitrogen and oxygen atoms in total. The third-order valence-electron chi connectivity index (χ3n) is 5.61. The lowest BCUT2D eigenvalue weighted by Crippen LogP contribution is -2.48. The summed E-state index contributed by atoms with van der Waals surface area (Å²) in [6, 6.07) is 11.7. The van der Waals surface area contributed by atoms with Crippen LogP contribution in [-0.4, -0.2) is 40.8 Å². The highest BCUT2D eigenvalue weighted by atomic mass is 79.9. The topological polar surface area (TPSA) is 62.3 Å². The van der Waals surface area contributed by atoms with Crippen LogP contribution in [0, 0.1) is 0 Å². The van der Waals surface area contributed by atoms with Crippen LogP contribution in [0.15, 0.2) is 53.3 Å². The van der Waals surface area contributed by atoms with Gasteiger partial charge >= 0.3 is 0 Å². The highest BCUT2D eigenvalue weighted by Gasteiger charge is 2.51. The summed E-state index contributed by atoms with van der Waals surface area (Å²) in [5.41, 5.74) is 1.38. The number of carbonyl (C=O) groups excluding carboxylic acids is 2. The molecule has 2 aromatic rings. The van der Waals surface area contributed by atoms with E-state index in [1.165, 1.54) is 0 Å². The Labute approximate surface area is 167 Å². The van der Waals surface area contributed by atoms with Gasteiger partial charge in [0, 0.05) is 41.6 Å². The summed E-state index contributed by atoms with van der Waals surface area (Å²) in [4.78, 5) is 31.3. The van der Waals surface area contributed by atoms with E-state index < -0.39 is 0 Å². The number of rotatable bonds is 4. The van der Waals surface area contributed by atoms with Crippen molar-refractivity contribution >= 4 is 27.7 Å². The second-order valence-electron chi connectivity index (χ2n) is 7.37. The van der Waals surface area contributed by atoms with Gasteiger partial charge in [0.05, 0.1) is 5.41 Å². The smallest absolute Gasteiger partial charge is 0.253 e. The van der Waals surface area contributed by atoms with Gasteiger partial charge in [-0.25, -0.2) is 0 Å². The third-order valence-corrected chi connectivity index (χ3v) is 6.10. The van der Waals surface area contributed by atoms with Gasteiger partial charge in [0.2, 0.25) is 5.91 Å². The largest absolute Gasteiger partial charge is 0.352 e. The Morgan fingerprint density at radius 3 is 2.44 bits per heavy atom. The Balaban J connectivity index is 1.34. The van der Waals surface area contributed by atoms with Crippen molar-refractivity contribution in [2.45, 2.75) is 37.1 Å². The lowest BCUT2D eigenvalue weighted by Gasteiger charge is -2.33. The maximum atomic E-state index is 12.9. The summed E-state index contributed by atoms with van der Waals surface area (Å²) in [5.74, 6) is 0.162. The fourth-order valence-corrected chi connectivity index (χ4v) is 4.18. The molecule has 2 fully saturated rings. The Hall–Kier alpha value is -2.21. The molecule has 2 heterocycles. The molecule has 1 aliphatic carbocycles. The van der Waals surface area contributed by atoms with Crippen LogP contribution in [-0.2, 0) is 10.2 Å². The molecule has 1 saturated heterocycles. The zero-order valence-corrected chi connectivity index (χ0v) is 16.6. The van der Waals surface area contributed by atoms with Crippen molar-refractivity contribution in [1.82, 2.24) is 15.2 Å². The lowest BCUT2D eigenvalue weighted by molar-refractivity contribution is -0.124. The molecule has 0 bridgehead atoms. The fraction of sp³-hybridized carbons (Fsp3) is 0.381. The number of carbonyl (C=O) groups is 2. The number of piperidine rings is 1. The Morgan fingerprint density at radius 1 is 1.11 bits per heavy atom. The van der Waals surface area contributed by atoms with Gasteiger partial charge in [0.1, 0.15) is 0 Å². The second-order valence-corrected chi connectivity index (χ2v) is 8.28. The van der Waals surface area contributed by atoms with E-state index in [2.05, 4.69) is 26.2 Å². The summed E-state index contributed by atoms with van der Waals surface area (Å²) in [6.07, 6.45) is 6.64. The normalized spacial score (nSPS) is 18.8. The quantitative estimate of drug-likeness (QED) is 0.813. The van der Waals surface area contributed by atoms with Gasteiger partial charge < -0.3 is 10.2 Å². The summed E-state index contributed by atoms with van der Waals surface area (Å²) in [7, 11) is 0. The summed E-state index contributed by atoms with van der Waals surface area (Å²) in [6.45, 7) is 1.33.